The molecule has 0 spiro atoms. The topological polar surface area (TPSA) is 55.1 Å². The van der Waals surface area contributed by atoms with E-state index in [1.54, 1.807) is 6.26 Å². The van der Waals surface area contributed by atoms with Crippen LogP contribution in [0.15, 0.2) is 46.4 Å². The molecule has 0 aliphatic rings. The predicted molar refractivity (Wildman–Crippen MR) is 88.1 cm³/mol. The third kappa shape index (κ3) is 3.26. The van der Waals surface area contributed by atoms with Crippen molar-refractivity contribution in [1.82, 2.24) is 4.98 Å². The van der Waals surface area contributed by atoms with Crippen molar-refractivity contribution in [2.75, 3.05) is 5.32 Å². The van der Waals surface area contributed by atoms with Crippen molar-refractivity contribution in [2.45, 2.75) is 20.3 Å². The zero-order valence-corrected chi connectivity index (χ0v) is 13.2. The van der Waals surface area contributed by atoms with Crippen LogP contribution >= 0.6 is 11.3 Å². The molecule has 1 aromatic carbocycles. The molecule has 0 fully saturated rings. The molecule has 0 saturated heterocycles. The van der Waals surface area contributed by atoms with Crippen LogP contribution in [0.5, 0.6) is 0 Å². The summed E-state index contributed by atoms with van der Waals surface area (Å²) < 4.78 is 5.31. The summed E-state index contributed by atoms with van der Waals surface area (Å²) in [6.45, 7) is 4.02. The molecule has 2 aromatic heterocycles. The van der Waals surface area contributed by atoms with Crippen LogP contribution in [0.3, 0.4) is 0 Å². The summed E-state index contributed by atoms with van der Waals surface area (Å²) in [7, 11) is 0. The quantitative estimate of drug-likeness (QED) is 0.785. The lowest BCUT2D eigenvalue weighted by Gasteiger charge is -2.08. The summed E-state index contributed by atoms with van der Waals surface area (Å²) in [5, 5.41) is 5.61. The lowest BCUT2D eigenvalue weighted by Crippen LogP contribution is -2.15. The van der Waals surface area contributed by atoms with Gasteiger partial charge in [0.25, 0.3) is 0 Å². The second kappa shape index (κ2) is 6.15. The SMILES string of the molecule is Cc1ccc(NC(=O)Cc2csc(-c3ccco3)n2)c(C)c1. The molecule has 5 heteroatoms. The van der Waals surface area contributed by atoms with Crippen LogP contribution in [-0.4, -0.2) is 10.9 Å². The molecule has 22 heavy (non-hydrogen) atoms. The maximum Gasteiger partial charge on any atom is 0.230 e. The van der Waals surface area contributed by atoms with Gasteiger partial charge in [-0.15, -0.1) is 11.3 Å². The number of furan rings is 1. The number of hydrogen-bond donors (Lipinski definition) is 1. The van der Waals surface area contributed by atoms with E-state index in [1.807, 2.05) is 49.6 Å². The van der Waals surface area contributed by atoms with Gasteiger partial charge < -0.3 is 9.73 Å². The highest BCUT2D eigenvalue weighted by molar-refractivity contribution is 7.13. The zero-order valence-electron chi connectivity index (χ0n) is 12.4. The molecule has 112 valence electrons. The monoisotopic (exact) mass is 312 g/mol. The predicted octanol–water partition coefficient (Wildman–Crippen LogP) is 4.20. The van der Waals surface area contributed by atoms with Crippen LogP contribution in [0.2, 0.25) is 0 Å². The van der Waals surface area contributed by atoms with Crippen molar-refractivity contribution < 1.29 is 9.21 Å². The number of rotatable bonds is 4. The van der Waals surface area contributed by atoms with E-state index in [4.69, 9.17) is 4.42 Å². The molecule has 0 aliphatic carbocycles. The summed E-state index contributed by atoms with van der Waals surface area (Å²) in [6, 6.07) is 9.65. The summed E-state index contributed by atoms with van der Waals surface area (Å²) in [5.74, 6) is 0.661. The van der Waals surface area contributed by atoms with Gasteiger partial charge in [0, 0.05) is 11.1 Å². The minimum Gasteiger partial charge on any atom is -0.462 e. The Morgan fingerprint density at radius 1 is 1.32 bits per heavy atom. The number of nitrogens with one attached hydrogen (secondary N) is 1. The number of anilines is 1. The van der Waals surface area contributed by atoms with Crippen LogP contribution in [-0.2, 0) is 11.2 Å². The van der Waals surface area contributed by atoms with Crippen molar-refractivity contribution in [1.29, 1.82) is 0 Å². The van der Waals surface area contributed by atoms with Gasteiger partial charge >= 0.3 is 0 Å². The maximum absolute atomic E-state index is 12.1. The minimum absolute atomic E-state index is 0.0664. The molecule has 1 amide bonds. The zero-order chi connectivity index (χ0) is 15.5. The van der Waals surface area contributed by atoms with Crippen LogP contribution in [0, 0.1) is 13.8 Å². The fourth-order valence-corrected chi connectivity index (χ4v) is 3.00. The van der Waals surface area contributed by atoms with Crippen LogP contribution in [0.25, 0.3) is 10.8 Å². The number of amides is 1. The standard InChI is InChI=1S/C17H16N2O2S/c1-11-5-6-14(12(2)8-11)19-16(20)9-13-10-22-17(18-13)15-4-3-7-21-15/h3-8,10H,9H2,1-2H3,(H,19,20). The molecule has 2 heterocycles. The summed E-state index contributed by atoms with van der Waals surface area (Å²) in [6.07, 6.45) is 1.87. The van der Waals surface area contributed by atoms with Gasteiger partial charge in [-0.05, 0) is 37.6 Å². The number of aromatic nitrogens is 1. The molecule has 3 rings (SSSR count). The molecule has 0 bridgehead atoms. The fraction of sp³-hybridized carbons (Fsp3) is 0.176. The van der Waals surface area contributed by atoms with Gasteiger partial charge in [-0.2, -0.15) is 0 Å². The lowest BCUT2D eigenvalue weighted by atomic mass is 10.1. The van der Waals surface area contributed by atoms with Crippen LogP contribution in [0.1, 0.15) is 16.8 Å². The summed E-state index contributed by atoms with van der Waals surface area (Å²) in [5.41, 5.74) is 3.83. The normalized spacial score (nSPS) is 10.6. The Hall–Kier alpha value is -2.40. The van der Waals surface area contributed by atoms with Gasteiger partial charge in [0.15, 0.2) is 10.8 Å². The van der Waals surface area contributed by atoms with Crippen molar-refractivity contribution in [3.63, 3.8) is 0 Å². The number of thiazole rings is 1. The van der Waals surface area contributed by atoms with Gasteiger partial charge in [0.1, 0.15) is 0 Å². The Kier molecular flexibility index (Phi) is 4.06. The van der Waals surface area contributed by atoms with E-state index in [-0.39, 0.29) is 12.3 Å². The van der Waals surface area contributed by atoms with Crippen molar-refractivity contribution in [3.8, 4) is 10.8 Å². The first-order valence-corrected chi connectivity index (χ1v) is 7.85. The van der Waals surface area contributed by atoms with Gasteiger partial charge in [0.05, 0.1) is 18.4 Å². The Morgan fingerprint density at radius 3 is 2.91 bits per heavy atom. The van der Waals surface area contributed by atoms with Crippen molar-refractivity contribution in [2.24, 2.45) is 0 Å². The van der Waals surface area contributed by atoms with E-state index in [9.17, 15) is 4.79 Å². The molecule has 4 nitrogen and oxygen atoms in total. The highest BCUT2D eigenvalue weighted by atomic mass is 32.1. The minimum atomic E-state index is -0.0664. The maximum atomic E-state index is 12.1. The Morgan fingerprint density at radius 2 is 2.18 bits per heavy atom. The Balaban J connectivity index is 1.67. The smallest absolute Gasteiger partial charge is 0.230 e. The van der Waals surface area contributed by atoms with Gasteiger partial charge in [0.2, 0.25) is 5.91 Å². The van der Waals surface area contributed by atoms with E-state index < -0.39 is 0 Å². The molecule has 1 N–H and O–H groups in total. The Bertz CT molecular complexity index is 791. The van der Waals surface area contributed by atoms with E-state index in [0.717, 1.165) is 27.7 Å². The lowest BCUT2D eigenvalue weighted by molar-refractivity contribution is -0.115. The molecule has 0 radical (unpaired) electrons. The van der Waals surface area contributed by atoms with Gasteiger partial charge in [-0.1, -0.05) is 17.7 Å². The number of hydrogen-bond acceptors (Lipinski definition) is 4. The Labute approximate surface area is 132 Å². The number of aryl methyl sites for hydroxylation is 2. The van der Waals surface area contributed by atoms with E-state index >= 15 is 0 Å². The molecule has 0 unspecified atom stereocenters. The second-order valence-corrected chi connectivity index (χ2v) is 6.02. The third-order valence-corrected chi connectivity index (χ3v) is 4.19. The van der Waals surface area contributed by atoms with Crippen molar-refractivity contribution >= 4 is 22.9 Å². The highest BCUT2D eigenvalue weighted by Crippen LogP contribution is 2.24. The van der Waals surface area contributed by atoms with E-state index in [1.165, 1.54) is 16.9 Å². The van der Waals surface area contributed by atoms with Crippen LogP contribution < -0.4 is 5.32 Å². The van der Waals surface area contributed by atoms with E-state index in [0.29, 0.717) is 0 Å². The van der Waals surface area contributed by atoms with Crippen molar-refractivity contribution in [3.05, 3.63) is 58.8 Å². The number of benzene rings is 1. The molecular weight excluding hydrogens is 296 g/mol. The summed E-state index contributed by atoms with van der Waals surface area (Å²) >= 11 is 1.48. The van der Waals surface area contributed by atoms with Gasteiger partial charge in [-0.25, -0.2) is 4.98 Å². The average molecular weight is 312 g/mol. The molecule has 3 aromatic rings. The van der Waals surface area contributed by atoms with Gasteiger partial charge in [-0.3, -0.25) is 4.79 Å². The third-order valence-electron chi connectivity index (χ3n) is 3.28. The molecular formula is C17H16N2O2S. The summed E-state index contributed by atoms with van der Waals surface area (Å²) in [4.78, 5) is 16.6. The first kappa shape index (κ1) is 14.5. The van der Waals surface area contributed by atoms with Crippen LogP contribution in [0.4, 0.5) is 5.69 Å². The highest BCUT2D eigenvalue weighted by Gasteiger charge is 2.11. The average Bonchev–Trinajstić information content (AvgIpc) is 3.12. The first-order valence-electron chi connectivity index (χ1n) is 6.97. The second-order valence-electron chi connectivity index (χ2n) is 5.16. The number of nitrogens with zero attached hydrogens (tertiary/aromatic N) is 1. The molecule has 0 saturated carbocycles. The molecule has 0 aliphatic heterocycles. The molecule has 0 atom stereocenters. The van der Waals surface area contributed by atoms with E-state index in [2.05, 4.69) is 10.3 Å². The number of carbonyl (C=O) groups is 1. The first-order chi connectivity index (χ1) is 10.6. The largest absolute Gasteiger partial charge is 0.462 e. The fourth-order valence-electron chi connectivity index (χ4n) is 2.21. The number of carbonyl (C=O) groups excluding carboxylic acids is 1.